The number of urea groups is 1. The molecule has 0 spiro atoms. The molecule has 114 valence electrons. The molecule has 0 bridgehead atoms. The van der Waals surface area contributed by atoms with Crippen molar-refractivity contribution in [2.24, 2.45) is 0 Å². The molecule has 1 atom stereocenters. The molecule has 3 N–H and O–H groups in total. The molecule has 0 aromatic heterocycles. The summed E-state index contributed by atoms with van der Waals surface area (Å²) in [6.45, 7) is 5.26. The summed E-state index contributed by atoms with van der Waals surface area (Å²) < 4.78 is 0.0856. The molecule has 20 heavy (non-hydrogen) atoms. The van der Waals surface area contributed by atoms with Crippen molar-refractivity contribution in [1.29, 1.82) is 0 Å². The molecule has 0 saturated carbocycles. The lowest BCUT2D eigenvalue weighted by Crippen LogP contribution is -2.49. The van der Waals surface area contributed by atoms with Crippen LogP contribution >= 0.6 is 11.8 Å². The maximum atomic E-state index is 12.0. The number of hydrogen-bond donors (Lipinski definition) is 3. The van der Waals surface area contributed by atoms with E-state index in [1.165, 1.54) is 0 Å². The van der Waals surface area contributed by atoms with Gasteiger partial charge in [-0.15, -0.1) is 0 Å². The highest BCUT2D eigenvalue weighted by Gasteiger charge is 2.29. The molecule has 8 heteroatoms. The van der Waals surface area contributed by atoms with Crippen LogP contribution in [0.25, 0.3) is 0 Å². The van der Waals surface area contributed by atoms with Crippen LogP contribution in [-0.4, -0.2) is 62.7 Å². The summed E-state index contributed by atoms with van der Waals surface area (Å²) in [5.41, 5.74) is 0. The van der Waals surface area contributed by atoms with Gasteiger partial charge in [-0.25, -0.2) is 9.59 Å². The fraction of sp³-hybridized carbons (Fsp3) is 0.750. The Bertz CT molecular complexity index is 399. The predicted molar refractivity (Wildman–Crippen MR) is 74.9 cm³/mol. The first-order valence-electron chi connectivity index (χ1n) is 6.35. The number of nitrogens with one attached hydrogen (secondary N) is 1. The molecule has 1 heterocycles. The van der Waals surface area contributed by atoms with Crippen molar-refractivity contribution >= 4 is 29.7 Å². The number of hydrogen-bond acceptors (Lipinski definition) is 4. The smallest absolute Gasteiger partial charge is 0.326 e. The predicted octanol–water partition coefficient (Wildman–Crippen LogP) is 0.841. The van der Waals surface area contributed by atoms with Gasteiger partial charge in [-0.05, 0) is 6.42 Å². The first-order chi connectivity index (χ1) is 9.21. The van der Waals surface area contributed by atoms with Crippen LogP contribution in [0.1, 0.15) is 26.7 Å². The third-order valence-electron chi connectivity index (χ3n) is 3.10. The largest absolute Gasteiger partial charge is 0.481 e. The molecule has 0 unspecified atom stereocenters. The molecule has 1 saturated heterocycles. The van der Waals surface area contributed by atoms with Crippen LogP contribution in [0, 0.1) is 0 Å². The lowest BCUT2D eigenvalue weighted by Gasteiger charge is -2.24. The van der Waals surface area contributed by atoms with E-state index in [0.29, 0.717) is 13.1 Å². The first-order valence-corrected chi connectivity index (χ1v) is 7.34. The Hall–Kier alpha value is -1.44. The first kappa shape index (κ1) is 16.6. The van der Waals surface area contributed by atoms with Gasteiger partial charge in [0.2, 0.25) is 0 Å². The molecule has 1 aliphatic heterocycles. The van der Waals surface area contributed by atoms with E-state index in [0.717, 1.165) is 12.2 Å². The van der Waals surface area contributed by atoms with Crippen molar-refractivity contribution in [1.82, 2.24) is 10.2 Å². The summed E-state index contributed by atoms with van der Waals surface area (Å²) in [6.07, 6.45) is 0.177. The second-order valence-corrected chi connectivity index (χ2v) is 7.09. The lowest BCUT2D eigenvalue weighted by atomic mass is 10.1. The molecule has 0 aromatic carbocycles. The minimum atomic E-state index is -1.40. The molecular weight excluding hydrogens is 284 g/mol. The van der Waals surface area contributed by atoms with Crippen molar-refractivity contribution in [2.75, 3.05) is 18.8 Å². The fourth-order valence-electron chi connectivity index (χ4n) is 1.84. The summed E-state index contributed by atoms with van der Waals surface area (Å²) in [5, 5.41) is 19.8. The zero-order valence-electron chi connectivity index (χ0n) is 11.6. The number of carbonyl (C=O) groups is 3. The Morgan fingerprint density at radius 1 is 1.30 bits per heavy atom. The maximum absolute atomic E-state index is 12.0. The van der Waals surface area contributed by atoms with Gasteiger partial charge in [0, 0.05) is 23.6 Å². The number of carbonyl (C=O) groups excluding carboxylic acids is 1. The average Bonchev–Trinajstić information content (AvgIpc) is 2.48. The van der Waals surface area contributed by atoms with Gasteiger partial charge in [-0.2, -0.15) is 11.8 Å². The van der Waals surface area contributed by atoms with Gasteiger partial charge in [0.05, 0.1) is 6.42 Å². The lowest BCUT2D eigenvalue weighted by molar-refractivity contribution is -0.145. The van der Waals surface area contributed by atoms with Gasteiger partial charge in [-0.3, -0.25) is 4.79 Å². The molecule has 1 aliphatic rings. The van der Waals surface area contributed by atoms with Gasteiger partial charge in [0.25, 0.3) is 0 Å². The SMILES string of the molecule is CC1(C)CCN(C(=O)N[C@@H](CC(=O)O)C(=O)O)CCS1. The number of nitrogens with zero attached hydrogens (tertiary/aromatic N) is 1. The zero-order chi connectivity index (χ0) is 15.3. The number of thioether (sulfide) groups is 1. The van der Waals surface area contributed by atoms with Gasteiger partial charge in [0.15, 0.2) is 0 Å². The minimum absolute atomic E-state index is 0.0856. The van der Waals surface area contributed by atoms with Crippen molar-refractivity contribution < 1.29 is 24.6 Å². The summed E-state index contributed by atoms with van der Waals surface area (Å²) in [7, 11) is 0. The summed E-state index contributed by atoms with van der Waals surface area (Å²) in [4.78, 5) is 35.1. The van der Waals surface area contributed by atoms with Crippen LogP contribution in [0.4, 0.5) is 4.79 Å². The van der Waals surface area contributed by atoms with E-state index in [1.54, 1.807) is 16.7 Å². The Labute approximate surface area is 121 Å². The van der Waals surface area contributed by atoms with Crippen molar-refractivity contribution in [3.8, 4) is 0 Å². The Balaban J connectivity index is 2.60. The summed E-state index contributed by atoms with van der Waals surface area (Å²) in [6, 6.07) is -1.92. The number of aliphatic carboxylic acids is 2. The molecule has 7 nitrogen and oxygen atoms in total. The maximum Gasteiger partial charge on any atom is 0.326 e. The Kier molecular flexibility index (Phi) is 5.67. The van der Waals surface area contributed by atoms with Gasteiger partial charge in [0.1, 0.15) is 6.04 Å². The van der Waals surface area contributed by atoms with E-state index in [9.17, 15) is 14.4 Å². The van der Waals surface area contributed by atoms with E-state index < -0.39 is 30.4 Å². The van der Waals surface area contributed by atoms with Crippen molar-refractivity contribution in [3.63, 3.8) is 0 Å². The van der Waals surface area contributed by atoms with E-state index in [1.807, 2.05) is 0 Å². The monoisotopic (exact) mass is 304 g/mol. The van der Waals surface area contributed by atoms with Crippen LogP contribution in [0.5, 0.6) is 0 Å². The second kappa shape index (κ2) is 6.83. The summed E-state index contributed by atoms with van der Waals surface area (Å²) >= 11 is 1.77. The number of amides is 2. The van der Waals surface area contributed by atoms with Crippen LogP contribution in [-0.2, 0) is 9.59 Å². The normalized spacial score (nSPS) is 19.8. The number of carboxylic acids is 2. The van der Waals surface area contributed by atoms with Crippen LogP contribution in [0.2, 0.25) is 0 Å². The topological polar surface area (TPSA) is 107 Å². The minimum Gasteiger partial charge on any atom is -0.481 e. The Morgan fingerprint density at radius 2 is 1.95 bits per heavy atom. The fourth-order valence-corrected chi connectivity index (χ4v) is 2.94. The highest BCUT2D eigenvalue weighted by atomic mass is 32.2. The molecule has 1 rings (SSSR count). The third kappa shape index (κ3) is 5.28. The van der Waals surface area contributed by atoms with E-state index in [2.05, 4.69) is 19.2 Å². The van der Waals surface area contributed by atoms with Gasteiger partial charge >= 0.3 is 18.0 Å². The highest BCUT2D eigenvalue weighted by molar-refractivity contribution is 8.00. The third-order valence-corrected chi connectivity index (χ3v) is 4.47. The van der Waals surface area contributed by atoms with Crippen LogP contribution < -0.4 is 5.32 Å². The second-order valence-electron chi connectivity index (χ2n) is 5.28. The standard InChI is InChI=1S/C12H20N2O5S/c1-12(2)3-4-14(5-6-20-12)11(19)13-8(10(17)18)7-9(15)16/h8H,3-7H2,1-2H3,(H,13,19)(H,15,16)(H,17,18)/t8-/m0/s1. The van der Waals surface area contributed by atoms with Gasteiger partial charge in [-0.1, -0.05) is 13.8 Å². The molecule has 0 aliphatic carbocycles. The van der Waals surface area contributed by atoms with Crippen LogP contribution in [0.15, 0.2) is 0 Å². The van der Waals surface area contributed by atoms with E-state index in [4.69, 9.17) is 10.2 Å². The number of carboxylic acid groups (broad SMARTS) is 2. The molecule has 0 aromatic rings. The average molecular weight is 304 g/mol. The molecule has 1 fully saturated rings. The van der Waals surface area contributed by atoms with E-state index >= 15 is 0 Å². The number of rotatable bonds is 4. The molecule has 0 radical (unpaired) electrons. The van der Waals surface area contributed by atoms with E-state index in [-0.39, 0.29) is 4.75 Å². The zero-order valence-corrected chi connectivity index (χ0v) is 12.4. The Morgan fingerprint density at radius 3 is 2.50 bits per heavy atom. The quantitative estimate of drug-likeness (QED) is 0.710. The molecular formula is C12H20N2O5S. The van der Waals surface area contributed by atoms with Crippen molar-refractivity contribution in [3.05, 3.63) is 0 Å². The molecule has 2 amide bonds. The van der Waals surface area contributed by atoms with Crippen LogP contribution in [0.3, 0.4) is 0 Å². The highest BCUT2D eigenvalue weighted by Crippen LogP contribution is 2.30. The summed E-state index contributed by atoms with van der Waals surface area (Å²) in [5.74, 6) is -1.83. The van der Waals surface area contributed by atoms with Crippen molar-refractivity contribution in [2.45, 2.75) is 37.5 Å². The van der Waals surface area contributed by atoms with Gasteiger partial charge < -0.3 is 20.4 Å².